The third-order valence-corrected chi connectivity index (χ3v) is 2.85. The number of hydrogen-bond donors (Lipinski definition) is 1. The molecule has 0 aliphatic carbocycles. The zero-order chi connectivity index (χ0) is 12.6. The SMILES string of the molecule is Cc1ccc(-c2cc(C(C)(C)C)[nH]n2)cc1F. The Labute approximate surface area is 101 Å². The summed E-state index contributed by atoms with van der Waals surface area (Å²) in [5, 5.41) is 7.24. The second-order valence-electron chi connectivity index (χ2n) is 5.38. The predicted molar refractivity (Wildman–Crippen MR) is 67.4 cm³/mol. The second kappa shape index (κ2) is 3.99. The van der Waals surface area contributed by atoms with Gasteiger partial charge in [0.15, 0.2) is 0 Å². The van der Waals surface area contributed by atoms with Crippen molar-refractivity contribution in [3.63, 3.8) is 0 Å². The predicted octanol–water partition coefficient (Wildman–Crippen LogP) is 3.82. The van der Waals surface area contributed by atoms with E-state index in [1.54, 1.807) is 13.0 Å². The molecule has 1 aromatic heterocycles. The lowest BCUT2D eigenvalue weighted by Gasteiger charge is -2.14. The monoisotopic (exact) mass is 232 g/mol. The quantitative estimate of drug-likeness (QED) is 0.795. The van der Waals surface area contributed by atoms with Crippen molar-refractivity contribution in [2.75, 3.05) is 0 Å². The Morgan fingerprint density at radius 3 is 2.41 bits per heavy atom. The van der Waals surface area contributed by atoms with Crippen molar-refractivity contribution >= 4 is 0 Å². The number of aromatic amines is 1. The fourth-order valence-electron chi connectivity index (χ4n) is 1.61. The van der Waals surface area contributed by atoms with Gasteiger partial charge >= 0.3 is 0 Å². The Morgan fingerprint density at radius 1 is 1.18 bits per heavy atom. The van der Waals surface area contributed by atoms with Gasteiger partial charge in [0.05, 0.1) is 5.69 Å². The number of benzene rings is 1. The van der Waals surface area contributed by atoms with Crippen LogP contribution in [0.3, 0.4) is 0 Å². The molecule has 0 spiro atoms. The highest BCUT2D eigenvalue weighted by Crippen LogP contribution is 2.26. The van der Waals surface area contributed by atoms with Crippen LogP contribution in [0.5, 0.6) is 0 Å². The molecule has 0 radical (unpaired) electrons. The molecular formula is C14H17FN2. The molecule has 3 heteroatoms. The van der Waals surface area contributed by atoms with Crippen LogP contribution >= 0.6 is 0 Å². The third-order valence-electron chi connectivity index (χ3n) is 2.85. The van der Waals surface area contributed by atoms with E-state index < -0.39 is 0 Å². The van der Waals surface area contributed by atoms with Crippen molar-refractivity contribution in [1.82, 2.24) is 10.2 Å². The molecule has 0 aliphatic heterocycles. The van der Waals surface area contributed by atoms with Crippen LogP contribution < -0.4 is 0 Å². The summed E-state index contributed by atoms with van der Waals surface area (Å²) in [7, 11) is 0. The number of aryl methyl sites for hydroxylation is 1. The Morgan fingerprint density at radius 2 is 1.88 bits per heavy atom. The van der Waals surface area contributed by atoms with Crippen molar-refractivity contribution in [1.29, 1.82) is 0 Å². The Kier molecular flexibility index (Phi) is 2.77. The first-order valence-electron chi connectivity index (χ1n) is 5.70. The summed E-state index contributed by atoms with van der Waals surface area (Å²) in [5.74, 6) is -0.192. The van der Waals surface area contributed by atoms with Crippen LogP contribution in [0.15, 0.2) is 24.3 Å². The summed E-state index contributed by atoms with van der Waals surface area (Å²) in [5.41, 5.74) is 3.32. The molecule has 0 saturated heterocycles. The first-order chi connectivity index (χ1) is 7.88. The molecule has 0 unspecified atom stereocenters. The number of H-pyrrole nitrogens is 1. The maximum absolute atomic E-state index is 13.5. The Bertz CT molecular complexity index is 535. The van der Waals surface area contributed by atoms with Gasteiger partial charge in [-0.3, -0.25) is 5.10 Å². The van der Waals surface area contributed by atoms with Crippen molar-refractivity contribution < 1.29 is 4.39 Å². The third kappa shape index (κ3) is 2.38. The summed E-state index contributed by atoms with van der Waals surface area (Å²) in [6.07, 6.45) is 0. The van der Waals surface area contributed by atoms with Crippen LogP contribution in [-0.2, 0) is 5.41 Å². The molecule has 17 heavy (non-hydrogen) atoms. The van der Waals surface area contributed by atoms with E-state index in [0.717, 1.165) is 17.0 Å². The van der Waals surface area contributed by atoms with E-state index in [1.807, 2.05) is 12.1 Å². The standard InChI is InChI=1S/C14H17FN2/c1-9-5-6-10(7-11(9)15)12-8-13(17-16-12)14(2,3)4/h5-8H,1-4H3,(H,16,17). The first kappa shape index (κ1) is 11.8. The van der Waals surface area contributed by atoms with Gasteiger partial charge in [-0.1, -0.05) is 32.9 Å². The first-order valence-corrected chi connectivity index (χ1v) is 5.70. The molecule has 1 N–H and O–H groups in total. The van der Waals surface area contributed by atoms with Crippen molar-refractivity contribution in [3.8, 4) is 11.3 Å². The number of hydrogen-bond acceptors (Lipinski definition) is 1. The van der Waals surface area contributed by atoms with E-state index in [4.69, 9.17) is 0 Å². The smallest absolute Gasteiger partial charge is 0.126 e. The van der Waals surface area contributed by atoms with Crippen LogP contribution in [0.25, 0.3) is 11.3 Å². The average molecular weight is 232 g/mol. The summed E-state index contributed by atoms with van der Waals surface area (Å²) in [6.45, 7) is 8.09. The van der Waals surface area contributed by atoms with E-state index in [0.29, 0.717) is 5.56 Å². The molecule has 2 nitrogen and oxygen atoms in total. The fourth-order valence-corrected chi connectivity index (χ4v) is 1.61. The van der Waals surface area contributed by atoms with E-state index >= 15 is 0 Å². The van der Waals surface area contributed by atoms with E-state index in [1.165, 1.54) is 6.07 Å². The molecule has 0 atom stereocenters. The number of halogens is 1. The van der Waals surface area contributed by atoms with Gasteiger partial charge in [0.2, 0.25) is 0 Å². The molecule has 90 valence electrons. The van der Waals surface area contributed by atoms with Gasteiger partial charge in [-0.25, -0.2) is 4.39 Å². The molecule has 1 heterocycles. The molecule has 0 fully saturated rings. The minimum atomic E-state index is -0.192. The summed E-state index contributed by atoms with van der Waals surface area (Å²) >= 11 is 0. The second-order valence-corrected chi connectivity index (χ2v) is 5.38. The molecule has 0 aliphatic rings. The van der Waals surface area contributed by atoms with E-state index in [-0.39, 0.29) is 11.2 Å². The highest BCUT2D eigenvalue weighted by atomic mass is 19.1. The Hall–Kier alpha value is -1.64. The highest BCUT2D eigenvalue weighted by molar-refractivity contribution is 5.60. The Balaban J connectivity index is 2.40. The average Bonchev–Trinajstić information content (AvgIpc) is 2.70. The summed E-state index contributed by atoms with van der Waals surface area (Å²) in [6, 6.07) is 7.17. The van der Waals surface area contributed by atoms with Gasteiger partial charge in [-0.05, 0) is 24.6 Å². The van der Waals surface area contributed by atoms with Gasteiger partial charge in [0.25, 0.3) is 0 Å². The van der Waals surface area contributed by atoms with Gasteiger partial charge in [0, 0.05) is 16.7 Å². The van der Waals surface area contributed by atoms with Gasteiger partial charge in [-0.15, -0.1) is 0 Å². The van der Waals surface area contributed by atoms with Crippen molar-refractivity contribution in [2.45, 2.75) is 33.1 Å². The summed E-state index contributed by atoms with van der Waals surface area (Å²) < 4.78 is 13.5. The zero-order valence-corrected chi connectivity index (χ0v) is 10.6. The fraction of sp³-hybridized carbons (Fsp3) is 0.357. The lowest BCUT2D eigenvalue weighted by Crippen LogP contribution is -2.11. The summed E-state index contributed by atoms with van der Waals surface area (Å²) in [4.78, 5) is 0. The molecule has 2 aromatic rings. The van der Waals surface area contributed by atoms with Crippen molar-refractivity contribution in [3.05, 3.63) is 41.3 Å². The minimum absolute atomic E-state index is 0.0223. The highest BCUT2D eigenvalue weighted by Gasteiger charge is 2.17. The van der Waals surface area contributed by atoms with E-state index in [2.05, 4.69) is 31.0 Å². The maximum Gasteiger partial charge on any atom is 0.126 e. The van der Waals surface area contributed by atoms with Crippen LogP contribution in [0, 0.1) is 12.7 Å². The maximum atomic E-state index is 13.5. The lowest BCUT2D eigenvalue weighted by atomic mass is 9.92. The van der Waals surface area contributed by atoms with Gasteiger partial charge in [0.1, 0.15) is 5.82 Å². The van der Waals surface area contributed by atoms with Gasteiger partial charge < -0.3 is 0 Å². The van der Waals surface area contributed by atoms with Crippen molar-refractivity contribution in [2.24, 2.45) is 0 Å². The molecule has 0 bridgehead atoms. The molecular weight excluding hydrogens is 215 g/mol. The van der Waals surface area contributed by atoms with Crippen LogP contribution in [0.1, 0.15) is 32.0 Å². The topological polar surface area (TPSA) is 28.7 Å². The normalized spacial score (nSPS) is 11.8. The number of rotatable bonds is 1. The number of nitrogens with zero attached hydrogens (tertiary/aromatic N) is 1. The molecule has 2 rings (SSSR count). The van der Waals surface area contributed by atoms with E-state index in [9.17, 15) is 4.39 Å². The largest absolute Gasteiger partial charge is 0.281 e. The van der Waals surface area contributed by atoms with Crippen LogP contribution in [0.4, 0.5) is 4.39 Å². The number of aromatic nitrogens is 2. The number of nitrogens with one attached hydrogen (secondary N) is 1. The van der Waals surface area contributed by atoms with Gasteiger partial charge in [-0.2, -0.15) is 5.10 Å². The van der Waals surface area contributed by atoms with Crippen LogP contribution in [-0.4, -0.2) is 10.2 Å². The molecule has 0 amide bonds. The lowest BCUT2D eigenvalue weighted by molar-refractivity contribution is 0.567. The molecule has 0 saturated carbocycles. The molecule has 1 aromatic carbocycles. The zero-order valence-electron chi connectivity index (χ0n) is 10.6. The van der Waals surface area contributed by atoms with Crippen LogP contribution in [0.2, 0.25) is 0 Å². The minimum Gasteiger partial charge on any atom is -0.281 e.